The van der Waals surface area contributed by atoms with Gasteiger partial charge in [-0.3, -0.25) is 0 Å². The monoisotopic (exact) mass is 477 g/mol. The Morgan fingerprint density at radius 3 is 1.00 bits per heavy atom. The van der Waals surface area contributed by atoms with E-state index in [9.17, 15) is 0 Å². The summed E-state index contributed by atoms with van der Waals surface area (Å²) in [6.07, 6.45) is 0. The van der Waals surface area contributed by atoms with Gasteiger partial charge in [0.05, 0.1) is 0 Å². The summed E-state index contributed by atoms with van der Waals surface area (Å²) in [5.41, 5.74) is 0. The Balaban J connectivity index is 0. The van der Waals surface area contributed by atoms with E-state index in [0.717, 1.165) is 0 Å². The summed E-state index contributed by atoms with van der Waals surface area (Å²) in [5, 5.41) is 0. The van der Waals surface area contributed by atoms with Crippen LogP contribution in [0.4, 0.5) is 0 Å². The molecule has 4 heavy (non-hydrogen) atoms. The summed E-state index contributed by atoms with van der Waals surface area (Å²) >= 11 is 0. The van der Waals surface area contributed by atoms with Crippen LogP contribution < -0.4 is 0 Å². The zero-order valence-electron chi connectivity index (χ0n) is 2.06. The third kappa shape index (κ3) is 8.84. The summed E-state index contributed by atoms with van der Waals surface area (Å²) in [5.74, 6) is 0. The molecular formula is TaTiWZn. The maximum absolute atomic E-state index is 0. The van der Waals surface area contributed by atoms with E-state index in [0.29, 0.717) is 0 Å². The predicted molar refractivity (Wildman–Crippen MR) is 0 cm³/mol. The first-order chi connectivity index (χ1) is 0. The second-order valence-corrected chi connectivity index (χ2v) is 0. The van der Waals surface area contributed by atoms with Crippen LogP contribution in [0.1, 0.15) is 0 Å². The van der Waals surface area contributed by atoms with Crippen LogP contribution in [0.25, 0.3) is 0 Å². The van der Waals surface area contributed by atoms with Crippen molar-refractivity contribution in [1.82, 2.24) is 0 Å². The molecule has 0 aromatic heterocycles. The minimum atomic E-state index is 0. The van der Waals surface area contributed by atoms with Gasteiger partial charge in [0.15, 0.2) is 0 Å². The Labute approximate surface area is 83.3 Å². The minimum Gasteiger partial charge on any atom is 0 e. The molecule has 0 amide bonds. The Kier molecular flexibility index (Phi) is 126. The van der Waals surface area contributed by atoms with Crippen molar-refractivity contribution in [1.29, 1.82) is 0 Å². The molecule has 0 rings (SSSR count). The van der Waals surface area contributed by atoms with Crippen molar-refractivity contribution >= 4 is 0 Å². The Bertz CT molecular complexity index is 8.00. The number of hydrogen-bond acceptors (Lipinski definition) is 0. The Hall–Kier alpha value is 2.77. The first kappa shape index (κ1) is 29.4. The molecule has 0 nitrogen and oxygen atoms in total. The molecule has 0 aliphatic carbocycles. The summed E-state index contributed by atoms with van der Waals surface area (Å²) in [7, 11) is 0. The van der Waals surface area contributed by atoms with E-state index in [1.165, 1.54) is 0 Å². The zero-order chi connectivity index (χ0) is 0. The molecule has 0 N–H and O–H groups in total. The molecule has 0 aromatic carbocycles. The van der Waals surface area contributed by atoms with Gasteiger partial charge in [-0.1, -0.05) is 0 Å². The van der Waals surface area contributed by atoms with Crippen LogP contribution in [0.5, 0.6) is 0 Å². The van der Waals surface area contributed by atoms with Crippen molar-refractivity contribution in [3.8, 4) is 0 Å². The summed E-state index contributed by atoms with van der Waals surface area (Å²) in [4.78, 5) is 0. The second-order valence-electron chi connectivity index (χ2n) is 0. The molecule has 0 aliphatic rings. The fraction of sp³-hybridized carbons (Fsp3) is 0. The fourth-order valence-corrected chi connectivity index (χ4v) is 0. The van der Waals surface area contributed by atoms with Gasteiger partial charge in [0, 0.05) is 84.6 Å². The van der Waals surface area contributed by atoms with E-state index in [-0.39, 0.29) is 84.6 Å². The molecule has 0 saturated heterocycles. The second kappa shape index (κ2) is 17.1. The molecule has 17 valence electrons. The molecule has 0 fully saturated rings. The third-order valence-corrected chi connectivity index (χ3v) is 0. The van der Waals surface area contributed by atoms with E-state index in [4.69, 9.17) is 0 Å². The zero-order valence-corrected chi connectivity index (χ0v) is 12.7. The van der Waals surface area contributed by atoms with E-state index in [1.54, 1.807) is 0 Å². The van der Waals surface area contributed by atoms with E-state index in [2.05, 4.69) is 0 Å². The van der Waals surface area contributed by atoms with Gasteiger partial charge < -0.3 is 0 Å². The van der Waals surface area contributed by atoms with Crippen LogP contribution >= 0.6 is 0 Å². The number of hydrogen-bond donors (Lipinski definition) is 0. The van der Waals surface area contributed by atoms with Crippen molar-refractivity contribution < 1.29 is 84.6 Å². The van der Waals surface area contributed by atoms with Gasteiger partial charge in [-0.25, -0.2) is 0 Å². The quantitative estimate of drug-likeness (QED) is 0.431. The van der Waals surface area contributed by atoms with Crippen LogP contribution in [0.15, 0.2) is 0 Å². The number of rotatable bonds is 0. The Morgan fingerprint density at radius 1 is 1.00 bits per heavy atom. The van der Waals surface area contributed by atoms with Gasteiger partial charge >= 0.3 is 0 Å². The normalized spacial score (nSPS) is 0. The van der Waals surface area contributed by atoms with E-state index >= 15 is 0 Å². The third-order valence-electron chi connectivity index (χ3n) is 0. The summed E-state index contributed by atoms with van der Waals surface area (Å²) in [6, 6.07) is 0. The van der Waals surface area contributed by atoms with Crippen LogP contribution in [0.2, 0.25) is 0 Å². The largest absolute Gasteiger partial charge is 0 e. The smallest absolute Gasteiger partial charge is 0 e. The molecule has 0 aliphatic heterocycles. The van der Waals surface area contributed by atoms with Crippen LogP contribution in [-0.4, -0.2) is 0 Å². The predicted octanol–water partition coefficient (Wildman–Crippen LogP) is -0.0100. The van der Waals surface area contributed by atoms with E-state index in [1.807, 2.05) is 0 Å². The average molecular weight is 478 g/mol. The van der Waals surface area contributed by atoms with E-state index < -0.39 is 0 Å². The minimum absolute atomic E-state index is 0. The molecule has 1 radical (unpaired) electrons. The molecule has 0 spiro atoms. The van der Waals surface area contributed by atoms with Gasteiger partial charge in [0.25, 0.3) is 0 Å². The van der Waals surface area contributed by atoms with Gasteiger partial charge in [0.2, 0.25) is 0 Å². The summed E-state index contributed by atoms with van der Waals surface area (Å²) < 4.78 is 0. The van der Waals surface area contributed by atoms with Crippen molar-refractivity contribution in [2.75, 3.05) is 0 Å². The van der Waals surface area contributed by atoms with Crippen molar-refractivity contribution in [2.24, 2.45) is 0 Å². The first-order valence-electron chi connectivity index (χ1n) is 0. The SMILES string of the molecule is [Ta].[Ti].[W].[Zn]. The first-order valence-corrected chi connectivity index (χ1v) is 0. The molecule has 0 unspecified atom stereocenters. The fourth-order valence-electron chi connectivity index (χ4n) is 0. The van der Waals surface area contributed by atoms with Crippen LogP contribution in [0, 0.1) is 0 Å². The van der Waals surface area contributed by atoms with Crippen LogP contribution in [-0.2, 0) is 84.6 Å². The van der Waals surface area contributed by atoms with Crippen LogP contribution in [0.3, 0.4) is 0 Å². The molecular weight excluding hydrogens is 478 g/mol. The summed E-state index contributed by atoms with van der Waals surface area (Å²) in [6.45, 7) is 0. The maximum Gasteiger partial charge on any atom is 0 e. The van der Waals surface area contributed by atoms with Crippen molar-refractivity contribution in [3.63, 3.8) is 0 Å². The standard InChI is InChI=1S/Ta.Ti.W.Zn. The van der Waals surface area contributed by atoms with Crippen molar-refractivity contribution in [2.45, 2.75) is 0 Å². The average Bonchev–Trinajstić information content (AvgIpc) is 0. The van der Waals surface area contributed by atoms with Gasteiger partial charge in [-0.15, -0.1) is 0 Å². The van der Waals surface area contributed by atoms with Gasteiger partial charge in [0.1, 0.15) is 0 Å². The molecule has 4 heteroatoms. The molecule has 0 bridgehead atoms. The topological polar surface area (TPSA) is 0 Å². The van der Waals surface area contributed by atoms with Crippen molar-refractivity contribution in [3.05, 3.63) is 0 Å². The Morgan fingerprint density at radius 2 is 1.00 bits per heavy atom. The molecule has 0 atom stereocenters. The van der Waals surface area contributed by atoms with Gasteiger partial charge in [-0.05, 0) is 0 Å². The molecule has 0 aromatic rings. The molecule has 0 heterocycles. The maximum atomic E-state index is 0. The molecule has 0 saturated carbocycles. The van der Waals surface area contributed by atoms with Gasteiger partial charge in [-0.2, -0.15) is 0 Å².